The fourth-order valence-electron chi connectivity index (χ4n) is 2.07. The van der Waals surface area contributed by atoms with Crippen LogP contribution in [0.4, 0.5) is 4.39 Å². The summed E-state index contributed by atoms with van der Waals surface area (Å²) >= 11 is 0. The number of nitrogens with zero attached hydrogens (tertiary/aromatic N) is 1. The standard InChI is InChI=1S/C12H17FN2/c1-9-2-3-12(13)10(6-9)7-15-5-4-11(14)8-15/h2-3,6,11H,4-5,7-8,14H2,1H3. The van der Waals surface area contributed by atoms with Gasteiger partial charge in [-0.25, -0.2) is 4.39 Å². The van der Waals surface area contributed by atoms with Gasteiger partial charge in [0.15, 0.2) is 0 Å². The molecule has 0 aromatic heterocycles. The fraction of sp³-hybridized carbons (Fsp3) is 0.500. The molecule has 1 fully saturated rings. The Kier molecular flexibility index (Phi) is 3.03. The molecule has 1 aromatic rings. The van der Waals surface area contributed by atoms with E-state index in [0.29, 0.717) is 6.54 Å². The summed E-state index contributed by atoms with van der Waals surface area (Å²) in [5.41, 5.74) is 7.70. The van der Waals surface area contributed by atoms with Crippen LogP contribution < -0.4 is 5.73 Å². The SMILES string of the molecule is Cc1ccc(F)c(CN2CCC(N)C2)c1. The van der Waals surface area contributed by atoms with Gasteiger partial charge in [0.25, 0.3) is 0 Å². The summed E-state index contributed by atoms with van der Waals surface area (Å²) in [4.78, 5) is 2.21. The Hall–Kier alpha value is -0.930. The van der Waals surface area contributed by atoms with E-state index in [1.54, 1.807) is 12.1 Å². The zero-order valence-electron chi connectivity index (χ0n) is 9.04. The highest BCUT2D eigenvalue weighted by Crippen LogP contribution is 2.16. The minimum absolute atomic E-state index is 0.110. The summed E-state index contributed by atoms with van der Waals surface area (Å²) in [6, 6.07) is 5.52. The van der Waals surface area contributed by atoms with Crippen molar-refractivity contribution in [3.63, 3.8) is 0 Å². The van der Waals surface area contributed by atoms with Crippen molar-refractivity contribution in [2.24, 2.45) is 5.73 Å². The maximum absolute atomic E-state index is 13.5. The molecule has 2 nitrogen and oxygen atoms in total. The molecule has 1 unspecified atom stereocenters. The van der Waals surface area contributed by atoms with Gasteiger partial charge in [-0.05, 0) is 19.4 Å². The monoisotopic (exact) mass is 208 g/mol. The van der Waals surface area contributed by atoms with Crippen molar-refractivity contribution in [1.29, 1.82) is 0 Å². The predicted octanol–water partition coefficient (Wildman–Crippen LogP) is 1.67. The van der Waals surface area contributed by atoms with Gasteiger partial charge in [0.2, 0.25) is 0 Å². The Morgan fingerprint density at radius 2 is 2.33 bits per heavy atom. The summed E-state index contributed by atoms with van der Waals surface area (Å²) < 4.78 is 13.5. The van der Waals surface area contributed by atoms with Gasteiger partial charge in [-0.2, -0.15) is 0 Å². The van der Waals surface area contributed by atoms with E-state index in [2.05, 4.69) is 4.90 Å². The van der Waals surface area contributed by atoms with E-state index in [1.807, 2.05) is 13.0 Å². The normalized spacial score (nSPS) is 22.2. The average Bonchev–Trinajstić information content (AvgIpc) is 2.58. The molecule has 1 aliphatic heterocycles. The van der Waals surface area contributed by atoms with E-state index in [1.165, 1.54) is 0 Å². The quantitative estimate of drug-likeness (QED) is 0.801. The molecule has 0 radical (unpaired) electrons. The third kappa shape index (κ3) is 2.55. The van der Waals surface area contributed by atoms with Crippen LogP contribution in [0.5, 0.6) is 0 Å². The van der Waals surface area contributed by atoms with Gasteiger partial charge in [-0.15, -0.1) is 0 Å². The van der Waals surface area contributed by atoms with Gasteiger partial charge in [-0.1, -0.05) is 17.7 Å². The second kappa shape index (κ2) is 4.29. The minimum Gasteiger partial charge on any atom is -0.326 e. The van der Waals surface area contributed by atoms with Crippen LogP contribution in [0.1, 0.15) is 17.5 Å². The second-order valence-electron chi connectivity index (χ2n) is 4.38. The van der Waals surface area contributed by atoms with Gasteiger partial charge in [0, 0.05) is 31.2 Å². The first-order chi connectivity index (χ1) is 7.15. The topological polar surface area (TPSA) is 29.3 Å². The Morgan fingerprint density at radius 3 is 3.00 bits per heavy atom. The number of rotatable bonds is 2. The predicted molar refractivity (Wildman–Crippen MR) is 59.0 cm³/mol. The first-order valence-corrected chi connectivity index (χ1v) is 5.38. The van der Waals surface area contributed by atoms with Crippen molar-refractivity contribution in [3.8, 4) is 0 Å². The molecule has 0 aliphatic carbocycles. The minimum atomic E-state index is -0.110. The molecular formula is C12H17FN2. The molecule has 2 N–H and O–H groups in total. The van der Waals surface area contributed by atoms with Crippen LogP contribution in [0.15, 0.2) is 18.2 Å². The van der Waals surface area contributed by atoms with Crippen molar-refractivity contribution in [3.05, 3.63) is 35.1 Å². The molecule has 0 saturated carbocycles. The summed E-state index contributed by atoms with van der Waals surface area (Å²) in [6.45, 7) is 4.53. The molecule has 0 bridgehead atoms. The summed E-state index contributed by atoms with van der Waals surface area (Å²) in [7, 11) is 0. The van der Waals surface area contributed by atoms with Gasteiger partial charge in [0.05, 0.1) is 0 Å². The molecule has 1 heterocycles. The first-order valence-electron chi connectivity index (χ1n) is 5.38. The van der Waals surface area contributed by atoms with Crippen LogP contribution in [0, 0.1) is 12.7 Å². The Morgan fingerprint density at radius 1 is 1.53 bits per heavy atom. The highest BCUT2D eigenvalue weighted by molar-refractivity contribution is 5.24. The van der Waals surface area contributed by atoms with E-state index < -0.39 is 0 Å². The third-order valence-corrected chi connectivity index (χ3v) is 2.90. The molecule has 82 valence electrons. The summed E-state index contributed by atoms with van der Waals surface area (Å²) in [6.07, 6.45) is 1.02. The number of hydrogen-bond acceptors (Lipinski definition) is 2. The maximum atomic E-state index is 13.5. The van der Waals surface area contributed by atoms with Crippen LogP contribution in [-0.2, 0) is 6.54 Å². The maximum Gasteiger partial charge on any atom is 0.127 e. The number of likely N-dealkylation sites (tertiary alicyclic amines) is 1. The lowest BCUT2D eigenvalue weighted by molar-refractivity contribution is 0.321. The van der Waals surface area contributed by atoms with E-state index in [0.717, 1.165) is 30.6 Å². The van der Waals surface area contributed by atoms with Gasteiger partial charge >= 0.3 is 0 Å². The molecule has 1 atom stereocenters. The van der Waals surface area contributed by atoms with E-state index >= 15 is 0 Å². The Bertz CT molecular complexity index is 351. The molecule has 3 heteroatoms. The molecule has 0 spiro atoms. The first kappa shape index (κ1) is 10.6. The lowest BCUT2D eigenvalue weighted by Crippen LogP contribution is -2.26. The number of nitrogens with two attached hydrogens (primary N) is 1. The van der Waals surface area contributed by atoms with E-state index in [9.17, 15) is 4.39 Å². The van der Waals surface area contributed by atoms with Crippen LogP contribution in [-0.4, -0.2) is 24.0 Å². The largest absolute Gasteiger partial charge is 0.326 e. The number of hydrogen-bond donors (Lipinski definition) is 1. The average molecular weight is 208 g/mol. The van der Waals surface area contributed by atoms with E-state index in [4.69, 9.17) is 5.73 Å². The van der Waals surface area contributed by atoms with Crippen molar-refractivity contribution in [2.75, 3.05) is 13.1 Å². The number of aryl methyl sites for hydroxylation is 1. The highest BCUT2D eigenvalue weighted by atomic mass is 19.1. The second-order valence-corrected chi connectivity index (χ2v) is 4.38. The van der Waals surface area contributed by atoms with Crippen molar-refractivity contribution >= 4 is 0 Å². The van der Waals surface area contributed by atoms with Crippen molar-refractivity contribution in [1.82, 2.24) is 4.90 Å². The van der Waals surface area contributed by atoms with Gasteiger partial charge in [-0.3, -0.25) is 4.90 Å². The van der Waals surface area contributed by atoms with Crippen LogP contribution in [0.25, 0.3) is 0 Å². The van der Waals surface area contributed by atoms with Crippen molar-refractivity contribution < 1.29 is 4.39 Å². The molecule has 1 aromatic carbocycles. The Balaban J connectivity index is 2.07. The molecule has 1 aliphatic rings. The lowest BCUT2D eigenvalue weighted by atomic mass is 10.1. The molecule has 0 amide bonds. The Labute approximate surface area is 89.9 Å². The van der Waals surface area contributed by atoms with E-state index in [-0.39, 0.29) is 11.9 Å². The van der Waals surface area contributed by atoms with Gasteiger partial charge < -0.3 is 5.73 Å². The van der Waals surface area contributed by atoms with Crippen LogP contribution in [0.3, 0.4) is 0 Å². The molecule has 1 saturated heterocycles. The van der Waals surface area contributed by atoms with Crippen molar-refractivity contribution in [2.45, 2.75) is 25.9 Å². The van der Waals surface area contributed by atoms with Crippen LogP contribution in [0.2, 0.25) is 0 Å². The lowest BCUT2D eigenvalue weighted by Gasteiger charge is -2.15. The molecule has 15 heavy (non-hydrogen) atoms. The summed E-state index contributed by atoms with van der Waals surface area (Å²) in [5.74, 6) is -0.110. The zero-order chi connectivity index (χ0) is 10.8. The zero-order valence-corrected chi connectivity index (χ0v) is 9.04. The molecular weight excluding hydrogens is 191 g/mol. The molecule has 2 rings (SSSR count). The number of halogens is 1. The van der Waals surface area contributed by atoms with Crippen LogP contribution >= 0.6 is 0 Å². The fourth-order valence-corrected chi connectivity index (χ4v) is 2.07. The number of benzene rings is 1. The third-order valence-electron chi connectivity index (χ3n) is 2.90. The summed E-state index contributed by atoms with van der Waals surface area (Å²) in [5, 5.41) is 0. The van der Waals surface area contributed by atoms with Gasteiger partial charge in [0.1, 0.15) is 5.82 Å². The smallest absolute Gasteiger partial charge is 0.127 e. The highest BCUT2D eigenvalue weighted by Gasteiger charge is 2.19.